The monoisotopic (exact) mass is 463 g/mol. The second-order valence-corrected chi connectivity index (χ2v) is 9.27. The van der Waals surface area contributed by atoms with E-state index in [1.165, 1.54) is 5.56 Å². The Balaban J connectivity index is 1.58. The lowest BCUT2D eigenvalue weighted by Crippen LogP contribution is -2.49. The molecule has 0 heterocycles. The van der Waals surface area contributed by atoms with Crippen LogP contribution in [0.25, 0.3) is 10.8 Å². The van der Waals surface area contributed by atoms with Crippen molar-refractivity contribution in [2.24, 2.45) is 0 Å². The number of halogens is 2. The van der Waals surface area contributed by atoms with E-state index in [0.717, 1.165) is 42.0 Å². The molecule has 3 nitrogen and oxygen atoms in total. The third-order valence-corrected chi connectivity index (χ3v) is 6.71. The van der Waals surface area contributed by atoms with Gasteiger partial charge in [0.25, 0.3) is 0 Å². The Bertz CT molecular complexity index is 1160. The van der Waals surface area contributed by atoms with E-state index in [1.54, 1.807) is 4.90 Å². The van der Waals surface area contributed by atoms with Crippen LogP contribution in [0.5, 0.6) is 0 Å². The lowest BCUT2D eigenvalue weighted by atomic mass is 9.89. The fourth-order valence-corrected chi connectivity index (χ4v) is 4.74. The fourth-order valence-electron chi connectivity index (χ4n) is 4.74. The highest BCUT2D eigenvalue weighted by Gasteiger charge is 2.45. The molecule has 1 fully saturated rings. The van der Waals surface area contributed by atoms with Gasteiger partial charge >= 0.3 is 5.92 Å². The molecule has 34 heavy (non-hydrogen) atoms. The highest BCUT2D eigenvalue weighted by Crippen LogP contribution is 2.35. The van der Waals surface area contributed by atoms with Gasteiger partial charge in [0.1, 0.15) is 0 Å². The average Bonchev–Trinajstić information content (AvgIpc) is 2.83. The molecule has 0 aromatic heterocycles. The normalized spacial score (nSPS) is 17.6. The second-order valence-electron chi connectivity index (χ2n) is 9.27. The molecular weight excluding hydrogens is 432 g/mol. The van der Waals surface area contributed by atoms with E-state index >= 15 is 0 Å². The summed E-state index contributed by atoms with van der Waals surface area (Å²) >= 11 is 0. The molecule has 5 heteroatoms. The molecule has 1 unspecified atom stereocenters. The number of amides is 1. The maximum absolute atomic E-state index is 13.9. The van der Waals surface area contributed by atoms with Crippen molar-refractivity contribution in [3.63, 3.8) is 0 Å². The lowest BCUT2D eigenvalue weighted by Gasteiger charge is -2.36. The first kappa shape index (κ1) is 24.1. The zero-order valence-corrected chi connectivity index (χ0v) is 19.6. The van der Waals surface area contributed by atoms with E-state index in [4.69, 9.17) is 0 Å². The number of rotatable bonds is 8. The molecule has 0 bridgehead atoms. The first-order chi connectivity index (χ1) is 16.4. The van der Waals surface area contributed by atoms with Gasteiger partial charge in [-0.25, -0.2) is 0 Å². The average molecular weight is 464 g/mol. The highest BCUT2D eigenvalue weighted by molar-refractivity contribution is 5.98. The van der Waals surface area contributed by atoms with Gasteiger partial charge in [0, 0.05) is 24.6 Å². The molecule has 3 aromatic carbocycles. The summed E-state index contributed by atoms with van der Waals surface area (Å²) in [5.41, 5.74) is 2.70. The van der Waals surface area contributed by atoms with Crippen LogP contribution in [0, 0.1) is 0 Å². The predicted molar refractivity (Wildman–Crippen MR) is 132 cm³/mol. The predicted octanol–water partition coefficient (Wildman–Crippen LogP) is 6.91. The first-order valence-electron chi connectivity index (χ1n) is 12.2. The Labute approximate surface area is 199 Å². The van der Waals surface area contributed by atoms with Gasteiger partial charge in [0.05, 0.1) is 6.42 Å². The number of aryl methyl sites for hydroxylation is 1. The summed E-state index contributed by atoms with van der Waals surface area (Å²) < 4.78 is 27.8. The summed E-state index contributed by atoms with van der Waals surface area (Å²) in [6.07, 6.45) is 3.77. The van der Waals surface area contributed by atoms with Crippen molar-refractivity contribution in [2.45, 2.75) is 70.3 Å². The smallest absolute Gasteiger partial charge is 0.305 e. The lowest BCUT2D eigenvalue weighted by molar-refractivity contribution is -0.148. The second kappa shape index (κ2) is 10.5. The molecule has 0 saturated heterocycles. The summed E-state index contributed by atoms with van der Waals surface area (Å²) in [6.45, 7) is 2.16. The van der Waals surface area contributed by atoms with Gasteiger partial charge in [-0.2, -0.15) is 8.78 Å². The van der Waals surface area contributed by atoms with Crippen LogP contribution in [0.4, 0.5) is 14.5 Å². The van der Waals surface area contributed by atoms with Crippen molar-refractivity contribution < 1.29 is 18.4 Å². The van der Waals surface area contributed by atoms with Crippen molar-refractivity contribution in [1.29, 1.82) is 0 Å². The van der Waals surface area contributed by atoms with E-state index < -0.39 is 24.2 Å². The molecule has 4 rings (SSSR count). The van der Waals surface area contributed by atoms with Crippen molar-refractivity contribution in [2.75, 3.05) is 4.90 Å². The molecule has 1 amide bonds. The van der Waals surface area contributed by atoms with Crippen LogP contribution >= 0.6 is 0 Å². The van der Waals surface area contributed by atoms with Crippen LogP contribution in [0.15, 0.2) is 66.7 Å². The van der Waals surface area contributed by atoms with Crippen LogP contribution in [0.3, 0.4) is 0 Å². The number of anilines is 1. The molecule has 0 aliphatic heterocycles. The number of fused-ring (bicyclic) bond motifs is 1. The van der Waals surface area contributed by atoms with E-state index in [-0.39, 0.29) is 25.2 Å². The summed E-state index contributed by atoms with van der Waals surface area (Å²) in [7, 11) is 0. The van der Waals surface area contributed by atoms with E-state index in [2.05, 4.69) is 6.92 Å². The number of hydrogen-bond donors (Lipinski definition) is 0. The molecule has 0 spiro atoms. The van der Waals surface area contributed by atoms with Gasteiger partial charge in [0.2, 0.25) is 11.7 Å². The molecule has 1 saturated carbocycles. The van der Waals surface area contributed by atoms with Crippen LogP contribution in [-0.4, -0.2) is 23.7 Å². The minimum absolute atomic E-state index is 0.0977. The van der Waals surface area contributed by atoms with Gasteiger partial charge in [-0.1, -0.05) is 74.4 Å². The molecule has 0 N–H and O–H groups in total. The highest BCUT2D eigenvalue weighted by atomic mass is 19.3. The summed E-state index contributed by atoms with van der Waals surface area (Å²) in [4.78, 5) is 27.2. The van der Waals surface area contributed by atoms with Crippen LogP contribution in [0.1, 0.15) is 56.6 Å². The number of alkyl halides is 2. The zero-order valence-electron chi connectivity index (χ0n) is 19.6. The largest absolute Gasteiger partial charge is 0.309 e. The minimum atomic E-state index is -3.30. The summed E-state index contributed by atoms with van der Waals surface area (Å²) in [5, 5.41) is 2.14. The number of hydrogen-bond acceptors (Lipinski definition) is 2. The molecule has 1 atom stereocenters. The van der Waals surface area contributed by atoms with Gasteiger partial charge < -0.3 is 4.90 Å². The molecule has 0 radical (unpaired) electrons. The maximum Gasteiger partial charge on any atom is 0.305 e. The molecule has 178 valence electrons. The molecule has 3 aromatic rings. The Morgan fingerprint density at radius 2 is 1.68 bits per heavy atom. The van der Waals surface area contributed by atoms with Gasteiger partial charge in [-0.15, -0.1) is 0 Å². The SMILES string of the molecule is CCCCCc1ccc(N(C(=O)Cc2ccc3ccccc3c2)C2CCC(F)(F)C(=O)C2)cc1. The van der Waals surface area contributed by atoms with Crippen LogP contribution in [-0.2, 0) is 22.4 Å². The standard InChI is InChI=1S/C29H31F2NO2/c1-2-3-4-7-21-11-14-25(15-12-21)32(26-16-17-29(30,31)27(33)20-26)28(34)19-22-10-13-23-8-5-6-9-24(23)18-22/h5-6,8-15,18,26H,2-4,7,16-17,19-20H2,1H3. The van der Waals surface area contributed by atoms with Gasteiger partial charge in [0.15, 0.2) is 0 Å². The Hall–Kier alpha value is -3.08. The third kappa shape index (κ3) is 5.52. The number of Topliss-reactive ketones (excluding diaryl/α,β-unsaturated/α-hetero) is 1. The van der Waals surface area contributed by atoms with Crippen LogP contribution in [0.2, 0.25) is 0 Å². The number of ketones is 1. The molecule has 1 aliphatic rings. The van der Waals surface area contributed by atoms with Crippen molar-refractivity contribution in [1.82, 2.24) is 0 Å². The van der Waals surface area contributed by atoms with E-state index in [1.807, 2.05) is 66.7 Å². The number of carbonyl (C=O) groups excluding carboxylic acids is 2. The van der Waals surface area contributed by atoms with Crippen LogP contribution < -0.4 is 4.90 Å². The molecular formula is C29H31F2NO2. The van der Waals surface area contributed by atoms with E-state index in [0.29, 0.717) is 5.69 Å². The van der Waals surface area contributed by atoms with Crippen molar-refractivity contribution in [3.8, 4) is 0 Å². The Morgan fingerprint density at radius 1 is 0.971 bits per heavy atom. The van der Waals surface area contributed by atoms with Crippen molar-refractivity contribution in [3.05, 3.63) is 77.9 Å². The summed E-state index contributed by atoms with van der Waals surface area (Å²) in [6, 6.07) is 21.0. The maximum atomic E-state index is 13.9. The summed E-state index contributed by atoms with van der Waals surface area (Å²) in [5.74, 6) is -4.56. The molecule has 1 aliphatic carbocycles. The number of unbranched alkanes of at least 4 members (excludes halogenated alkanes) is 2. The Morgan fingerprint density at radius 3 is 2.38 bits per heavy atom. The number of carbonyl (C=O) groups is 2. The first-order valence-corrected chi connectivity index (χ1v) is 12.2. The van der Waals surface area contributed by atoms with Crippen molar-refractivity contribution >= 4 is 28.2 Å². The zero-order chi connectivity index (χ0) is 24.1. The van der Waals surface area contributed by atoms with Gasteiger partial charge in [-0.05, 0) is 53.3 Å². The third-order valence-electron chi connectivity index (χ3n) is 6.71. The minimum Gasteiger partial charge on any atom is -0.309 e. The fraction of sp³-hybridized carbons (Fsp3) is 0.379. The quantitative estimate of drug-likeness (QED) is 0.341. The van der Waals surface area contributed by atoms with Gasteiger partial charge in [-0.3, -0.25) is 9.59 Å². The van der Waals surface area contributed by atoms with E-state index in [9.17, 15) is 18.4 Å². The Kier molecular flexibility index (Phi) is 7.40. The number of nitrogens with zero attached hydrogens (tertiary/aromatic N) is 1. The number of benzene rings is 3. The topological polar surface area (TPSA) is 37.4 Å².